The SMILES string of the molecule is Cc1ccc(NC(=O)C(NNC(=O)c2cn(C)c3ccccc23)c2ccccc2)cc1. The topological polar surface area (TPSA) is 75.2 Å². The monoisotopic (exact) mass is 412 g/mol. The molecule has 1 aromatic heterocycles. The number of carbonyl (C=O) groups is 2. The van der Waals surface area contributed by atoms with Gasteiger partial charge in [-0.15, -0.1) is 0 Å². The number of aromatic nitrogens is 1. The van der Waals surface area contributed by atoms with Crippen LogP contribution in [-0.4, -0.2) is 16.4 Å². The Labute approximate surface area is 180 Å². The number of hydrazine groups is 1. The molecule has 1 heterocycles. The number of benzene rings is 3. The van der Waals surface area contributed by atoms with Crippen LogP contribution in [0.5, 0.6) is 0 Å². The van der Waals surface area contributed by atoms with Crippen LogP contribution in [0, 0.1) is 6.92 Å². The Bertz CT molecular complexity index is 1210. The number of rotatable bonds is 6. The Balaban J connectivity index is 1.54. The van der Waals surface area contributed by atoms with Gasteiger partial charge in [0.25, 0.3) is 5.91 Å². The number of anilines is 1. The summed E-state index contributed by atoms with van der Waals surface area (Å²) in [6.45, 7) is 1.99. The molecule has 4 rings (SSSR count). The number of amides is 2. The summed E-state index contributed by atoms with van der Waals surface area (Å²) in [5, 5.41) is 3.76. The molecular formula is C25H24N4O2. The van der Waals surface area contributed by atoms with Gasteiger partial charge in [0.1, 0.15) is 6.04 Å². The molecule has 0 aliphatic heterocycles. The first kappa shape index (κ1) is 20.4. The van der Waals surface area contributed by atoms with Crippen LogP contribution in [0.4, 0.5) is 5.69 Å². The zero-order valence-electron chi connectivity index (χ0n) is 17.4. The summed E-state index contributed by atoms with van der Waals surface area (Å²) >= 11 is 0. The first-order chi connectivity index (χ1) is 15.0. The van der Waals surface area contributed by atoms with Gasteiger partial charge in [0.2, 0.25) is 5.91 Å². The summed E-state index contributed by atoms with van der Waals surface area (Å²) in [5.41, 5.74) is 9.68. The summed E-state index contributed by atoms with van der Waals surface area (Å²) in [7, 11) is 1.90. The van der Waals surface area contributed by atoms with E-state index in [1.807, 2.05) is 97.4 Å². The minimum absolute atomic E-state index is 0.270. The summed E-state index contributed by atoms with van der Waals surface area (Å²) in [4.78, 5) is 25.9. The minimum atomic E-state index is -0.763. The van der Waals surface area contributed by atoms with E-state index in [9.17, 15) is 9.59 Å². The highest BCUT2D eigenvalue weighted by atomic mass is 16.2. The third kappa shape index (κ3) is 4.49. The van der Waals surface area contributed by atoms with Crippen molar-refractivity contribution >= 4 is 28.4 Å². The molecular weight excluding hydrogens is 388 g/mol. The Kier molecular flexibility index (Phi) is 5.82. The van der Waals surface area contributed by atoms with E-state index in [2.05, 4.69) is 16.2 Å². The molecule has 0 aliphatic carbocycles. The van der Waals surface area contributed by atoms with E-state index in [-0.39, 0.29) is 11.8 Å². The maximum absolute atomic E-state index is 13.0. The average Bonchev–Trinajstić information content (AvgIpc) is 3.13. The Morgan fingerprint density at radius 2 is 1.55 bits per heavy atom. The van der Waals surface area contributed by atoms with E-state index in [0.29, 0.717) is 11.3 Å². The first-order valence-corrected chi connectivity index (χ1v) is 10.1. The molecule has 1 atom stereocenters. The molecule has 4 aromatic rings. The normalized spacial score (nSPS) is 11.8. The Morgan fingerprint density at radius 1 is 0.871 bits per heavy atom. The lowest BCUT2D eigenvalue weighted by Gasteiger charge is -2.19. The smallest absolute Gasteiger partial charge is 0.267 e. The number of nitrogens with one attached hydrogen (secondary N) is 3. The molecule has 6 heteroatoms. The molecule has 0 saturated heterocycles. The van der Waals surface area contributed by atoms with E-state index in [0.717, 1.165) is 22.0 Å². The van der Waals surface area contributed by atoms with E-state index in [4.69, 9.17) is 0 Å². The van der Waals surface area contributed by atoms with Crippen LogP contribution >= 0.6 is 0 Å². The fraction of sp³-hybridized carbons (Fsp3) is 0.120. The predicted molar refractivity (Wildman–Crippen MR) is 123 cm³/mol. The average molecular weight is 412 g/mol. The molecule has 2 amide bonds. The van der Waals surface area contributed by atoms with E-state index in [1.54, 1.807) is 6.20 Å². The van der Waals surface area contributed by atoms with Crippen LogP contribution in [0.25, 0.3) is 10.9 Å². The van der Waals surface area contributed by atoms with Crippen molar-refractivity contribution in [3.63, 3.8) is 0 Å². The fourth-order valence-electron chi connectivity index (χ4n) is 3.52. The summed E-state index contributed by atoms with van der Waals surface area (Å²) in [6.07, 6.45) is 1.78. The summed E-state index contributed by atoms with van der Waals surface area (Å²) < 4.78 is 1.91. The van der Waals surface area contributed by atoms with Crippen molar-refractivity contribution in [3.05, 3.63) is 102 Å². The van der Waals surface area contributed by atoms with Crippen LogP contribution < -0.4 is 16.2 Å². The van der Waals surface area contributed by atoms with Gasteiger partial charge in [0.05, 0.1) is 5.56 Å². The summed E-state index contributed by atoms with van der Waals surface area (Å²) in [6, 6.07) is 23.8. The third-order valence-electron chi connectivity index (χ3n) is 5.19. The third-order valence-corrected chi connectivity index (χ3v) is 5.19. The van der Waals surface area contributed by atoms with Crippen molar-refractivity contribution in [1.82, 2.24) is 15.4 Å². The standard InChI is InChI=1S/C25H24N4O2/c1-17-12-14-19(15-13-17)26-25(31)23(18-8-4-3-5-9-18)27-28-24(30)21-16-29(2)22-11-7-6-10-20(21)22/h3-16,23,27H,1-2H3,(H,26,31)(H,28,30). The number of aryl methyl sites for hydroxylation is 2. The molecule has 0 saturated carbocycles. The van der Waals surface area contributed by atoms with Crippen LogP contribution in [-0.2, 0) is 11.8 Å². The first-order valence-electron chi connectivity index (χ1n) is 10.1. The number of fused-ring (bicyclic) bond motifs is 1. The largest absolute Gasteiger partial charge is 0.350 e. The highest BCUT2D eigenvalue weighted by molar-refractivity contribution is 6.07. The fourth-order valence-corrected chi connectivity index (χ4v) is 3.52. The van der Waals surface area contributed by atoms with Crippen LogP contribution in [0.3, 0.4) is 0 Å². The molecule has 156 valence electrons. The van der Waals surface area contributed by atoms with Crippen molar-refractivity contribution < 1.29 is 9.59 Å². The lowest BCUT2D eigenvalue weighted by atomic mass is 10.1. The number of nitrogens with zero attached hydrogens (tertiary/aromatic N) is 1. The van der Waals surface area contributed by atoms with Gasteiger partial charge < -0.3 is 9.88 Å². The van der Waals surface area contributed by atoms with Gasteiger partial charge in [-0.2, -0.15) is 0 Å². The minimum Gasteiger partial charge on any atom is -0.350 e. The molecule has 0 bridgehead atoms. The molecule has 0 fully saturated rings. The van der Waals surface area contributed by atoms with E-state index in [1.165, 1.54) is 0 Å². The number of hydrogen-bond acceptors (Lipinski definition) is 3. The van der Waals surface area contributed by atoms with Gasteiger partial charge in [0, 0.05) is 29.8 Å². The number of carbonyl (C=O) groups excluding carboxylic acids is 2. The highest BCUT2D eigenvalue weighted by Gasteiger charge is 2.22. The molecule has 6 nitrogen and oxygen atoms in total. The maximum Gasteiger partial charge on any atom is 0.267 e. The molecule has 0 aliphatic rings. The molecule has 31 heavy (non-hydrogen) atoms. The van der Waals surface area contributed by atoms with Gasteiger partial charge >= 0.3 is 0 Å². The van der Waals surface area contributed by atoms with Crippen molar-refractivity contribution in [1.29, 1.82) is 0 Å². The van der Waals surface area contributed by atoms with Crippen LogP contribution in [0.1, 0.15) is 27.5 Å². The molecule has 1 unspecified atom stereocenters. The molecule has 3 N–H and O–H groups in total. The van der Waals surface area contributed by atoms with Crippen LogP contribution in [0.15, 0.2) is 85.1 Å². The Morgan fingerprint density at radius 3 is 2.29 bits per heavy atom. The van der Waals surface area contributed by atoms with Gasteiger partial charge in [-0.25, -0.2) is 5.43 Å². The molecule has 0 spiro atoms. The second kappa shape index (κ2) is 8.85. The van der Waals surface area contributed by atoms with Crippen molar-refractivity contribution in [2.45, 2.75) is 13.0 Å². The van der Waals surface area contributed by atoms with Crippen LogP contribution in [0.2, 0.25) is 0 Å². The van der Waals surface area contributed by atoms with E-state index < -0.39 is 6.04 Å². The zero-order valence-corrected chi connectivity index (χ0v) is 17.4. The molecule has 3 aromatic carbocycles. The van der Waals surface area contributed by atoms with E-state index >= 15 is 0 Å². The Hall–Kier alpha value is -3.90. The van der Waals surface area contributed by atoms with Crippen molar-refractivity contribution in [2.24, 2.45) is 7.05 Å². The lowest BCUT2D eigenvalue weighted by molar-refractivity contribution is -0.118. The highest BCUT2D eigenvalue weighted by Crippen LogP contribution is 2.20. The van der Waals surface area contributed by atoms with Gasteiger partial charge in [-0.1, -0.05) is 66.2 Å². The van der Waals surface area contributed by atoms with Crippen molar-refractivity contribution in [3.8, 4) is 0 Å². The number of para-hydroxylation sites is 1. The van der Waals surface area contributed by atoms with Gasteiger partial charge in [-0.05, 0) is 30.7 Å². The lowest BCUT2D eigenvalue weighted by Crippen LogP contribution is -2.44. The maximum atomic E-state index is 13.0. The second-order valence-electron chi connectivity index (χ2n) is 7.47. The quantitative estimate of drug-likeness (QED) is 0.418. The van der Waals surface area contributed by atoms with Crippen molar-refractivity contribution in [2.75, 3.05) is 5.32 Å². The number of hydrogen-bond donors (Lipinski definition) is 3. The molecule has 0 radical (unpaired) electrons. The summed E-state index contributed by atoms with van der Waals surface area (Å²) in [5.74, 6) is -0.575. The predicted octanol–water partition coefficient (Wildman–Crippen LogP) is 4.10. The van der Waals surface area contributed by atoms with Gasteiger partial charge in [-0.3, -0.25) is 15.0 Å². The van der Waals surface area contributed by atoms with Gasteiger partial charge in [0.15, 0.2) is 0 Å². The second-order valence-corrected chi connectivity index (χ2v) is 7.47. The zero-order chi connectivity index (χ0) is 21.8.